The average Bonchev–Trinajstić information content (AvgIpc) is 4.04. The molecule has 63 heavy (non-hydrogen) atoms. The Morgan fingerprint density at radius 1 is 0.413 bits per heavy atom. The molecule has 8 aromatic carbocycles. The predicted octanol–water partition coefficient (Wildman–Crippen LogP) is 14.4. The van der Waals surface area contributed by atoms with E-state index in [1.165, 1.54) is 10.8 Å². The fourth-order valence-electron chi connectivity index (χ4n) is 9.02. The molecule has 7 nitrogen and oxygen atoms in total. The quantitative estimate of drug-likeness (QED) is 0.166. The highest BCUT2D eigenvalue weighted by atomic mass is 32.1. The van der Waals surface area contributed by atoms with Gasteiger partial charge in [-0.25, -0.2) is 24.9 Å². The van der Waals surface area contributed by atoms with E-state index in [-0.39, 0.29) is 0 Å². The van der Waals surface area contributed by atoms with E-state index in [1.54, 1.807) is 11.3 Å². The third-order valence-corrected chi connectivity index (χ3v) is 13.1. The summed E-state index contributed by atoms with van der Waals surface area (Å²) in [5.41, 5.74) is 11.0. The Balaban J connectivity index is 1.02. The third-order valence-electron chi connectivity index (χ3n) is 11.9. The minimum absolute atomic E-state index is 0.602. The van der Waals surface area contributed by atoms with Gasteiger partial charge in [-0.1, -0.05) is 146 Å². The van der Waals surface area contributed by atoms with Gasteiger partial charge in [-0.15, -0.1) is 11.3 Å². The lowest BCUT2D eigenvalue weighted by Crippen LogP contribution is -2.00. The standard InChI is InChI=1S/C55H32N6OS/c1-4-16-33(17-5-1)48-50-49(39-23-11-13-28-45(39)62-50)57-55(56-48)42-26-14-24-40-47-41(25-15-29-46(47)63-51(40)42)54-59-52(34-18-6-2-7-19-34)58-53(60-54)35-30-31-38-37-22-10-12-27-43(37)61(44(38)32-35)36-20-8-3-9-21-36/h1-32H. The van der Waals surface area contributed by atoms with Crippen LogP contribution in [0.1, 0.15) is 0 Å². The van der Waals surface area contributed by atoms with Crippen LogP contribution in [0, 0.1) is 0 Å². The minimum Gasteiger partial charge on any atom is -0.452 e. The molecule has 0 saturated heterocycles. The molecule has 0 unspecified atom stereocenters. The zero-order valence-corrected chi connectivity index (χ0v) is 34.3. The van der Waals surface area contributed by atoms with E-state index in [9.17, 15) is 0 Å². The summed E-state index contributed by atoms with van der Waals surface area (Å²) < 4.78 is 11.0. The van der Waals surface area contributed by atoms with Gasteiger partial charge in [-0.2, -0.15) is 0 Å². The second-order valence-corrected chi connectivity index (χ2v) is 16.6. The maximum Gasteiger partial charge on any atom is 0.180 e. The fourth-order valence-corrected chi connectivity index (χ4v) is 10.3. The van der Waals surface area contributed by atoms with Crippen LogP contribution in [0.5, 0.6) is 0 Å². The van der Waals surface area contributed by atoms with Crippen molar-refractivity contribution in [2.24, 2.45) is 0 Å². The Morgan fingerprint density at radius 2 is 1.03 bits per heavy atom. The highest BCUT2D eigenvalue weighted by molar-refractivity contribution is 7.26. The number of thiophene rings is 1. The maximum absolute atomic E-state index is 6.43. The van der Waals surface area contributed by atoms with Crippen molar-refractivity contribution in [3.8, 4) is 62.5 Å². The fraction of sp³-hybridized carbons (Fsp3) is 0. The van der Waals surface area contributed by atoms with Crippen LogP contribution in [0.25, 0.3) is 127 Å². The molecule has 0 N–H and O–H groups in total. The van der Waals surface area contributed by atoms with Crippen molar-refractivity contribution >= 4 is 75.4 Å². The summed E-state index contributed by atoms with van der Waals surface area (Å²) in [6, 6.07) is 66.8. The Hall–Kier alpha value is -8.33. The largest absolute Gasteiger partial charge is 0.452 e. The van der Waals surface area contributed by atoms with Gasteiger partial charge in [-0.05, 0) is 48.5 Å². The molecule has 5 aromatic heterocycles. The summed E-state index contributed by atoms with van der Waals surface area (Å²) in [5, 5.41) is 5.48. The van der Waals surface area contributed by atoms with Crippen LogP contribution >= 0.6 is 11.3 Å². The van der Waals surface area contributed by atoms with E-state index < -0.39 is 0 Å². The van der Waals surface area contributed by atoms with E-state index in [0.29, 0.717) is 28.9 Å². The molecule has 0 radical (unpaired) electrons. The number of fused-ring (bicyclic) bond motifs is 9. The molecule has 0 saturated carbocycles. The topological polar surface area (TPSA) is 82.5 Å². The zero-order valence-electron chi connectivity index (χ0n) is 33.5. The van der Waals surface area contributed by atoms with Gasteiger partial charge in [0.15, 0.2) is 28.9 Å². The summed E-state index contributed by atoms with van der Waals surface area (Å²) in [6.45, 7) is 0. The normalized spacial score (nSPS) is 11.8. The van der Waals surface area contributed by atoms with Crippen molar-refractivity contribution in [3.63, 3.8) is 0 Å². The number of nitrogens with zero attached hydrogens (tertiary/aromatic N) is 6. The first-order chi connectivity index (χ1) is 31.2. The van der Waals surface area contributed by atoms with Crippen LogP contribution in [-0.2, 0) is 0 Å². The number of benzene rings is 8. The summed E-state index contributed by atoms with van der Waals surface area (Å²) in [6.07, 6.45) is 0. The van der Waals surface area contributed by atoms with E-state index >= 15 is 0 Å². The Kier molecular flexibility index (Phi) is 7.94. The number of rotatable bonds is 6. The maximum atomic E-state index is 6.43. The van der Waals surface area contributed by atoms with Gasteiger partial charge in [0.1, 0.15) is 16.8 Å². The second-order valence-electron chi connectivity index (χ2n) is 15.6. The number of furan rings is 1. The molecule has 0 atom stereocenters. The van der Waals surface area contributed by atoms with Crippen LogP contribution < -0.4 is 0 Å². The molecule has 0 bridgehead atoms. The highest BCUT2D eigenvalue weighted by Gasteiger charge is 2.23. The number of aromatic nitrogens is 6. The molecule has 0 aliphatic rings. The van der Waals surface area contributed by atoms with E-state index in [4.69, 9.17) is 29.3 Å². The Labute approximate surface area is 364 Å². The van der Waals surface area contributed by atoms with Crippen LogP contribution in [0.3, 0.4) is 0 Å². The lowest BCUT2D eigenvalue weighted by atomic mass is 10.0. The van der Waals surface area contributed by atoms with Crippen molar-refractivity contribution in [3.05, 3.63) is 194 Å². The van der Waals surface area contributed by atoms with E-state index in [0.717, 1.165) is 86.9 Å². The summed E-state index contributed by atoms with van der Waals surface area (Å²) >= 11 is 1.73. The Morgan fingerprint density at radius 3 is 1.86 bits per heavy atom. The lowest BCUT2D eigenvalue weighted by molar-refractivity contribution is 0.667. The van der Waals surface area contributed by atoms with E-state index in [2.05, 4.69) is 144 Å². The van der Waals surface area contributed by atoms with Gasteiger partial charge in [0.2, 0.25) is 0 Å². The average molecular weight is 825 g/mol. The van der Waals surface area contributed by atoms with Gasteiger partial charge in [-0.3, -0.25) is 0 Å². The van der Waals surface area contributed by atoms with Gasteiger partial charge >= 0.3 is 0 Å². The summed E-state index contributed by atoms with van der Waals surface area (Å²) in [7, 11) is 0. The van der Waals surface area contributed by atoms with Gasteiger partial charge in [0.05, 0.1) is 11.0 Å². The van der Waals surface area contributed by atoms with E-state index in [1.807, 2.05) is 54.6 Å². The molecule has 294 valence electrons. The monoisotopic (exact) mass is 824 g/mol. The first kappa shape index (κ1) is 35.4. The summed E-state index contributed by atoms with van der Waals surface area (Å²) in [5.74, 6) is 2.46. The Bertz CT molecular complexity index is 3910. The van der Waals surface area contributed by atoms with Crippen LogP contribution in [0.15, 0.2) is 199 Å². The highest BCUT2D eigenvalue weighted by Crippen LogP contribution is 2.45. The smallest absolute Gasteiger partial charge is 0.180 e. The minimum atomic E-state index is 0.602. The summed E-state index contributed by atoms with van der Waals surface area (Å²) in [4.78, 5) is 26.2. The van der Waals surface area contributed by atoms with Crippen LogP contribution in [-0.4, -0.2) is 29.5 Å². The van der Waals surface area contributed by atoms with Gasteiger partial charge in [0.25, 0.3) is 0 Å². The number of hydrogen-bond acceptors (Lipinski definition) is 7. The molecular weight excluding hydrogens is 793 g/mol. The van der Waals surface area contributed by atoms with Crippen molar-refractivity contribution in [2.45, 2.75) is 0 Å². The zero-order chi connectivity index (χ0) is 41.4. The molecular formula is C55H32N6OS. The molecule has 0 spiro atoms. The van der Waals surface area contributed by atoms with Crippen LogP contribution in [0.4, 0.5) is 0 Å². The van der Waals surface area contributed by atoms with Crippen molar-refractivity contribution in [1.82, 2.24) is 29.5 Å². The first-order valence-electron chi connectivity index (χ1n) is 20.8. The van der Waals surface area contributed by atoms with Crippen molar-refractivity contribution in [1.29, 1.82) is 0 Å². The van der Waals surface area contributed by atoms with Crippen molar-refractivity contribution in [2.75, 3.05) is 0 Å². The molecule has 13 aromatic rings. The van der Waals surface area contributed by atoms with Crippen LogP contribution in [0.2, 0.25) is 0 Å². The number of para-hydroxylation sites is 3. The second kappa shape index (κ2) is 14.1. The molecule has 13 rings (SSSR count). The number of hydrogen-bond donors (Lipinski definition) is 0. The van der Waals surface area contributed by atoms with Gasteiger partial charge < -0.3 is 8.98 Å². The molecule has 0 aliphatic carbocycles. The predicted molar refractivity (Wildman–Crippen MR) is 257 cm³/mol. The molecule has 0 fully saturated rings. The first-order valence-corrected chi connectivity index (χ1v) is 21.7. The third kappa shape index (κ3) is 5.69. The van der Waals surface area contributed by atoms with Gasteiger partial charge in [0, 0.05) is 69.8 Å². The molecule has 8 heteroatoms. The molecule has 5 heterocycles. The molecule has 0 amide bonds. The molecule has 0 aliphatic heterocycles. The SMILES string of the molecule is c1ccc(-c2nc(-c3ccc4c5ccccc5n(-c5ccccc5)c4c3)nc(-c3cccc4sc5c(-c6nc(-c7ccccc7)c7oc8ccccc8c7n6)cccc5c34)n2)cc1. The van der Waals surface area contributed by atoms with Crippen molar-refractivity contribution < 1.29 is 4.42 Å². The lowest BCUT2D eigenvalue weighted by Gasteiger charge is -2.11.